The van der Waals surface area contributed by atoms with E-state index >= 15 is 0 Å². The third-order valence-electron chi connectivity index (χ3n) is 4.34. The molecular formula is C15H20N4. The van der Waals surface area contributed by atoms with Crippen molar-refractivity contribution in [1.82, 2.24) is 14.8 Å². The maximum Gasteiger partial charge on any atom is 0.138 e. The Labute approximate surface area is 113 Å². The van der Waals surface area contributed by atoms with Gasteiger partial charge in [-0.25, -0.2) is 9.67 Å². The lowest BCUT2D eigenvalue weighted by molar-refractivity contribution is 0.301. The summed E-state index contributed by atoms with van der Waals surface area (Å²) in [5.41, 5.74) is 8.68. The summed E-state index contributed by atoms with van der Waals surface area (Å²) in [4.78, 5) is 4.01. The van der Waals surface area contributed by atoms with Gasteiger partial charge in [0.2, 0.25) is 0 Å². The first-order chi connectivity index (χ1) is 9.34. The van der Waals surface area contributed by atoms with Gasteiger partial charge in [0, 0.05) is 12.0 Å². The van der Waals surface area contributed by atoms with E-state index in [1.807, 2.05) is 0 Å². The van der Waals surface area contributed by atoms with E-state index in [2.05, 4.69) is 34.3 Å². The average Bonchev–Trinajstić information content (AvgIpc) is 3.02. The number of rotatable bonds is 3. The Morgan fingerprint density at radius 2 is 2.05 bits per heavy atom. The number of hydrogen-bond donors (Lipinski definition) is 1. The highest BCUT2D eigenvalue weighted by molar-refractivity contribution is 5.39. The van der Waals surface area contributed by atoms with Crippen LogP contribution in [-0.4, -0.2) is 21.3 Å². The third-order valence-corrected chi connectivity index (χ3v) is 4.34. The van der Waals surface area contributed by atoms with Crippen molar-refractivity contribution in [2.45, 2.75) is 37.5 Å². The van der Waals surface area contributed by atoms with Gasteiger partial charge in [-0.3, -0.25) is 0 Å². The van der Waals surface area contributed by atoms with Gasteiger partial charge in [0.15, 0.2) is 0 Å². The highest BCUT2D eigenvalue weighted by Gasteiger charge is 2.32. The number of aromatic nitrogens is 3. The van der Waals surface area contributed by atoms with Crippen LogP contribution in [0.3, 0.4) is 0 Å². The summed E-state index contributed by atoms with van der Waals surface area (Å²) in [6, 6.07) is 8.58. The van der Waals surface area contributed by atoms with E-state index in [1.165, 1.54) is 37.7 Å². The molecule has 0 bridgehead atoms. The number of benzene rings is 1. The number of nitrogens with zero attached hydrogens (tertiary/aromatic N) is 3. The lowest BCUT2D eigenvalue weighted by Gasteiger charge is -2.37. The monoisotopic (exact) mass is 256 g/mol. The molecule has 0 saturated heterocycles. The fraction of sp³-hybridized carbons (Fsp3) is 0.467. The Balaban J connectivity index is 1.98. The fourth-order valence-corrected chi connectivity index (χ4v) is 3.16. The van der Waals surface area contributed by atoms with E-state index in [0.29, 0.717) is 0 Å². The van der Waals surface area contributed by atoms with Crippen molar-refractivity contribution in [3.63, 3.8) is 0 Å². The smallest absolute Gasteiger partial charge is 0.138 e. The maximum atomic E-state index is 6.10. The molecule has 19 heavy (non-hydrogen) atoms. The zero-order valence-electron chi connectivity index (χ0n) is 11.1. The van der Waals surface area contributed by atoms with E-state index in [9.17, 15) is 0 Å². The summed E-state index contributed by atoms with van der Waals surface area (Å²) in [7, 11) is 0. The lowest BCUT2D eigenvalue weighted by Crippen LogP contribution is -2.37. The van der Waals surface area contributed by atoms with Crippen LogP contribution < -0.4 is 5.73 Å². The molecule has 100 valence electrons. The van der Waals surface area contributed by atoms with Crippen LogP contribution >= 0.6 is 0 Å². The van der Waals surface area contributed by atoms with Crippen LogP contribution in [0.25, 0.3) is 5.69 Å². The second-order valence-electron chi connectivity index (χ2n) is 5.44. The van der Waals surface area contributed by atoms with Gasteiger partial charge in [0.25, 0.3) is 0 Å². The van der Waals surface area contributed by atoms with E-state index in [1.54, 1.807) is 17.3 Å². The van der Waals surface area contributed by atoms with E-state index < -0.39 is 0 Å². The summed E-state index contributed by atoms with van der Waals surface area (Å²) in [6.07, 6.45) is 9.59. The van der Waals surface area contributed by atoms with Crippen molar-refractivity contribution in [3.05, 3.63) is 42.5 Å². The van der Waals surface area contributed by atoms with Gasteiger partial charge in [-0.2, -0.15) is 5.10 Å². The first kappa shape index (κ1) is 12.4. The largest absolute Gasteiger partial charge is 0.330 e. The van der Waals surface area contributed by atoms with Crippen LogP contribution in [0.2, 0.25) is 0 Å². The Morgan fingerprint density at radius 3 is 2.74 bits per heavy atom. The quantitative estimate of drug-likeness (QED) is 0.917. The zero-order valence-corrected chi connectivity index (χ0v) is 11.1. The molecule has 2 N–H and O–H groups in total. The summed E-state index contributed by atoms with van der Waals surface area (Å²) in [6.45, 7) is 0.730. The van der Waals surface area contributed by atoms with Gasteiger partial charge in [0.05, 0.1) is 5.69 Å². The molecule has 0 atom stereocenters. The fourth-order valence-electron chi connectivity index (χ4n) is 3.16. The lowest BCUT2D eigenvalue weighted by atomic mass is 9.69. The first-order valence-electron chi connectivity index (χ1n) is 7.00. The predicted molar refractivity (Wildman–Crippen MR) is 75.2 cm³/mol. The summed E-state index contributed by atoms with van der Waals surface area (Å²) < 4.78 is 1.80. The molecule has 0 spiro atoms. The van der Waals surface area contributed by atoms with Crippen LogP contribution in [0, 0.1) is 0 Å². The summed E-state index contributed by atoms with van der Waals surface area (Å²) in [5, 5.41) is 4.20. The molecule has 0 unspecified atom stereocenters. The van der Waals surface area contributed by atoms with Crippen LogP contribution in [0.1, 0.15) is 37.7 Å². The topological polar surface area (TPSA) is 56.7 Å². The number of nitrogens with two attached hydrogens (primary N) is 1. The Morgan fingerprint density at radius 1 is 1.21 bits per heavy atom. The first-order valence-corrected chi connectivity index (χ1v) is 7.00. The molecular weight excluding hydrogens is 236 g/mol. The van der Waals surface area contributed by atoms with Gasteiger partial charge in [0.1, 0.15) is 12.7 Å². The van der Waals surface area contributed by atoms with Gasteiger partial charge in [-0.1, -0.05) is 31.4 Å². The molecule has 4 heteroatoms. The Kier molecular flexibility index (Phi) is 3.34. The second kappa shape index (κ2) is 5.13. The molecule has 0 amide bonds. The zero-order chi connectivity index (χ0) is 13.1. The van der Waals surface area contributed by atoms with Gasteiger partial charge in [-0.15, -0.1) is 0 Å². The molecule has 3 rings (SSSR count). The van der Waals surface area contributed by atoms with E-state index in [-0.39, 0.29) is 5.41 Å². The molecule has 1 heterocycles. The molecule has 1 aromatic carbocycles. The standard InChI is InChI=1S/C15H20N4/c16-10-15(7-2-1-3-8-15)13-5-4-6-14(9-13)19-12-17-11-18-19/h4-6,9,11-12H,1-3,7-8,10,16H2. The minimum Gasteiger partial charge on any atom is -0.330 e. The molecule has 1 saturated carbocycles. The predicted octanol–water partition coefficient (Wildman–Crippen LogP) is 2.43. The van der Waals surface area contributed by atoms with Crippen LogP contribution in [0.5, 0.6) is 0 Å². The normalized spacial score (nSPS) is 18.4. The molecule has 4 nitrogen and oxygen atoms in total. The highest BCUT2D eigenvalue weighted by atomic mass is 15.3. The van der Waals surface area contributed by atoms with E-state index in [0.717, 1.165) is 12.2 Å². The SMILES string of the molecule is NCC1(c2cccc(-n3cncn3)c2)CCCCC1. The van der Waals surface area contributed by atoms with Crippen molar-refractivity contribution in [2.24, 2.45) is 5.73 Å². The van der Waals surface area contributed by atoms with Crippen molar-refractivity contribution in [3.8, 4) is 5.69 Å². The molecule has 0 aliphatic heterocycles. The average molecular weight is 256 g/mol. The van der Waals surface area contributed by atoms with Gasteiger partial charge in [-0.05, 0) is 30.5 Å². The van der Waals surface area contributed by atoms with E-state index in [4.69, 9.17) is 5.73 Å². The molecule has 1 aromatic heterocycles. The molecule has 1 fully saturated rings. The minimum atomic E-state index is 0.162. The van der Waals surface area contributed by atoms with Crippen LogP contribution in [0.15, 0.2) is 36.9 Å². The molecule has 1 aliphatic rings. The Hall–Kier alpha value is -1.68. The molecule has 1 aliphatic carbocycles. The Bertz CT molecular complexity index is 527. The van der Waals surface area contributed by atoms with Gasteiger partial charge < -0.3 is 5.73 Å². The third kappa shape index (κ3) is 2.28. The second-order valence-corrected chi connectivity index (χ2v) is 5.44. The van der Waals surface area contributed by atoms with Gasteiger partial charge >= 0.3 is 0 Å². The minimum absolute atomic E-state index is 0.162. The van der Waals surface area contributed by atoms with Crippen molar-refractivity contribution in [2.75, 3.05) is 6.54 Å². The highest BCUT2D eigenvalue weighted by Crippen LogP contribution is 2.39. The maximum absolute atomic E-state index is 6.10. The molecule has 0 radical (unpaired) electrons. The summed E-state index contributed by atoms with van der Waals surface area (Å²) in [5.74, 6) is 0. The molecule has 2 aromatic rings. The van der Waals surface area contributed by atoms with Crippen molar-refractivity contribution < 1.29 is 0 Å². The van der Waals surface area contributed by atoms with Crippen LogP contribution in [-0.2, 0) is 5.41 Å². The van der Waals surface area contributed by atoms with Crippen molar-refractivity contribution in [1.29, 1.82) is 0 Å². The van der Waals surface area contributed by atoms with Crippen molar-refractivity contribution >= 4 is 0 Å². The summed E-state index contributed by atoms with van der Waals surface area (Å²) >= 11 is 0. The van der Waals surface area contributed by atoms with Crippen LogP contribution in [0.4, 0.5) is 0 Å². The number of hydrogen-bond acceptors (Lipinski definition) is 3.